The number of hydrogen-bond acceptors (Lipinski definition) is 5. The number of aromatic nitrogens is 3. The van der Waals surface area contributed by atoms with Crippen LogP contribution < -0.4 is 0 Å². The number of halogens is 3. The van der Waals surface area contributed by atoms with E-state index >= 15 is 0 Å². The lowest BCUT2D eigenvalue weighted by atomic mass is 10.3. The van der Waals surface area contributed by atoms with Gasteiger partial charge in [-0.15, -0.1) is 10.2 Å². The normalized spacial score (nSPS) is 17.5. The molecule has 0 spiro atoms. The summed E-state index contributed by atoms with van der Waals surface area (Å²) >= 11 is 0. The molecule has 19 heavy (non-hydrogen) atoms. The van der Waals surface area contributed by atoms with Crippen LogP contribution in [0.5, 0.6) is 0 Å². The zero-order valence-electron chi connectivity index (χ0n) is 10.2. The maximum Gasteiger partial charge on any atom is 0.497 e. The van der Waals surface area contributed by atoms with Crippen molar-refractivity contribution < 1.29 is 21.6 Å². The van der Waals surface area contributed by atoms with Gasteiger partial charge in [0.15, 0.2) is 0 Å². The summed E-state index contributed by atoms with van der Waals surface area (Å²) in [4.78, 5) is 1.63. The van der Waals surface area contributed by atoms with Gasteiger partial charge in [0.05, 0.1) is 12.3 Å². The standard InChI is InChI=1S/C9H13F3N4O2S/c1-7-13-14-8-6-15(2-3-16(7)8)4-5-19(17,18)9(10,11)12/h2-6H2,1H3. The van der Waals surface area contributed by atoms with Gasteiger partial charge in [-0.3, -0.25) is 4.90 Å². The Morgan fingerprint density at radius 3 is 2.58 bits per heavy atom. The highest BCUT2D eigenvalue weighted by atomic mass is 32.2. The maximum absolute atomic E-state index is 12.2. The van der Waals surface area contributed by atoms with Crippen molar-refractivity contribution in [2.45, 2.75) is 25.5 Å². The number of sulfone groups is 1. The molecule has 0 radical (unpaired) electrons. The summed E-state index contributed by atoms with van der Waals surface area (Å²) in [7, 11) is -5.05. The first-order valence-corrected chi connectivity index (χ1v) is 7.26. The molecule has 0 aromatic carbocycles. The molecule has 0 fully saturated rings. The summed E-state index contributed by atoms with van der Waals surface area (Å²) < 4.78 is 60.4. The topological polar surface area (TPSA) is 68.1 Å². The molecule has 0 unspecified atom stereocenters. The molecular weight excluding hydrogens is 285 g/mol. The summed E-state index contributed by atoms with van der Waals surface area (Å²) in [5, 5.41) is 7.77. The summed E-state index contributed by atoms with van der Waals surface area (Å²) in [5.41, 5.74) is -5.18. The Morgan fingerprint density at radius 1 is 1.26 bits per heavy atom. The maximum atomic E-state index is 12.2. The number of aryl methyl sites for hydroxylation is 1. The molecular formula is C9H13F3N4O2S. The number of alkyl halides is 3. The van der Waals surface area contributed by atoms with Crippen LogP contribution in [-0.2, 0) is 22.9 Å². The highest BCUT2D eigenvalue weighted by Crippen LogP contribution is 2.24. The van der Waals surface area contributed by atoms with Gasteiger partial charge in [-0.05, 0) is 6.92 Å². The summed E-state index contributed by atoms with van der Waals surface area (Å²) in [6.07, 6.45) is 0. The van der Waals surface area contributed by atoms with Gasteiger partial charge in [0.25, 0.3) is 0 Å². The molecule has 0 N–H and O–H groups in total. The molecule has 0 amide bonds. The average Bonchev–Trinajstić information content (AvgIpc) is 2.67. The summed E-state index contributed by atoms with van der Waals surface area (Å²) in [6.45, 7) is 2.99. The fourth-order valence-corrected chi connectivity index (χ4v) is 2.64. The van der Waals surface area contributed by atoms with E-state index in [9.17, 15) is 21.6 Å². The molecule has 1 aromatic heterocycles. The predicted octanol–water partition coefficient (Wildman–Crippen LogP) is 0.337. The van der Waals surface area contributed by atoms with Gasteiger partial charge in [-0.25, -0.2) is 8.42 Å². The second-order valence-corrected chi connectivity index (χ2v) is 6.46. The zero-order valence-corrected chi connectivity index (χ0v) is 11.0. The van der Waals surface area contributed by atoms with Crippen LogP contribution in [0.15, 0.2) is 0 Å². The molecule has 1 aliphatic heterocycles. The van der Waals surface area contributed by atoms with Gasteiger partial charge in [0, 0.05) is 19.6 Å². The zero-order chi connectivity index (χ0) is 14.3. The molecule has 1 aliphatic rings. The van der Waals surface area contributed by atoms with Crippen LogP contribution in [0, 0.1) is 6.92 Å². The first-order valence-electron chi connectivity index (χ1n) is 5.61. The predicted molar refractivity (Wildman–Crippen MR) is 59.9 cm³/mol. The summed E-state index contributed by atoms with van der Waals surface area (Å²) in [6, 6.07) is 0. The van der Waals surface area contributed by atoms with Crippen molar-refractivity contribution in [2.24, 2.45) is 0 Å². The molecule has 1 aromatic rings. The van der Waals surface area contributed by atoms with Crippen LogP contribution in [0.25, 0.3) is 0 Å². The number of rotatable bonds is 3. The van der Waals surface area contributed by atoms with E-state index in [1.165, 1.54) is 0 Å². The Bertz CT molecular complexity index is 567. The van der Waals surface area contributed by atoms with Gasteiger partial charge in [-0.1, -0.05) is 0 Å². The fraction of sp³-hybridized carbons (Fsp3) is 0.778. The third-order valence-electron chi connectivity index (χ3n) is 3.05. The van der Waals surface area contributed by atoms with E-state index in [1.807, 2.05) is 4.57 Å². The Kier molecular flexibility index (Phi) is 3.56. The van der Waals surface area contributed by atoms with Gasteiger partial charge in [-0.2, -0.15) is 13.2 Å². The minimum absolute atomic E-state index is 0.159. The Hall–Kier alpha value is -1.16. The summed E-state index contributed by atoms with van der Waals surface area (Å²) in [5.74, 6) is 0.467. The molecule has 0 atom stereocenters. The molecule has 6 nitrogen and oxygen atoms in total. The first kappa shape index (κ1) is 14.3. The van der Waals surface area contributed by atoms with Gasteiger partial charge >= 0.3 is 5.51 Å². The quantitative estimate of drug-likeness (QED) is 0.805. The lowest BCUT2D eigenvalue weighted by Gasteiger charge is -2.27. The highest BCUT2D eigenvalue weighted by molar-refractivity contribution is 7.92. The SMILES string of the molecule is Cc1nnc2n1CCN(CCS(=O)(=O)C(F)(F)F)C2. The minimum atomic E-state index is -5.18. The van der Waals surface area contributed by atoms with E-state index in [2.05, 4.69) is 10.2 Å². The van der Waals surface area contributed by atoms with Crippen LogP contribution in [0.4, 0.5) is 13.2 Å². The van der Waals surface area contributed by atoms with E-state index in [-0.39, 0.29) is 6.54 Å². The molecule has 0 saturated heterocycles. The van der Waals surface area contributed by atoms with E-state index in [1.54, 1.807) is 11.8 Å². The second kappa shape index (κ2) is 4.75. The molecule has 2 rings (SSSR count). The van der Waals surface area contributed by atoms with Crippen molar-refractivity contribution in [3.63, 3.8) is 0 Å². The Morgan fingerprint density at radius 2 is 1.95 bits per heavy atom. The number of fused-ring (bicyclic) bond motifs is 1. The molecule has 2 heterocycles. The third kappa shape index (κ3) is 2.89. The van der Waals surface area contributed by atoms with Gasteiger partial charge in [0.1, 0.15) is 11.6 Å². The van der Waals surface area contributed by atoms with Crippen molar-refractivity contribution in [1.82, 2.24) is 19.7 Å². The van der Waals surface area contributed by atoms with Crippen molar-refractivity contribution in [2.75, 3.05) is 18.8 Å². The lowest BCUT2D eigenvalue weighted by molar-refractivity contribution is -0.0437. The average molecular weight is 298 g/mol. The second-order valence-electron chi connectivity index (χ2n) is 4.36. The lowest BCUT2D eigenvalue weighted by Crippen LogP contribution is -2.39. The van der Waals surface area contributed by atoms with Crippen LogP contribution >= 0.6 is 0 Å². The van der Waals surface area contributed by atoms with Crippen molar-refractivity contribution in [3.8, 4) is 0 Å². The van der Waals surface area contributed by atoms with E-state index in [4.69, 9.17) is 0 Å². The monoisotopic (exact) mass is 298 g/mol. The van der Waals surface area contributed by atoms with Crippen LogP contribution in [0.3, 0.4) is 0 Å². The molecule has 0 aliphatic carbocycles. The first-order chi connectivity index (χ1) is 8.71. The largest absolute Gasteiger partial charge is 0.497 e. The van der Waals surface area contributed by atoms with Crippen LogP contribution in [0.2, 0.25) is 0 Å². The van der Waals surface area contributed by atoms with Gasteiger partial charge in [0.2, 0.25) is 9.84 Å². The van der Waals surface area contributed by atoms with E-state index < -0.39 is 21.1 Å². The molecule has 0 bridgehead atoms. The molecule has 108 valence electrons. The molecule has 10 heteroatoms. The number of hydrogen-bond donors (Lipinski definition) is 0. The van der Waals surface area contributed by atoms with Gasteiger partial charge < -0.3 is 4.57 Å². The Balaban J connectivity index is 1.97. The molecule has 0 saturated carbocycles. The smallest absolute Gasteiger partial charge is 0.313 e. The highest BCUT2D eigenvalue weighted by Gasteiger charge is 2.45. The minimum Gasteiger partial charge on any atom is -0.313 e. The third-order valence-corrected chi connectivity index (χ3v) is 4.47. The van der Waals surface area contributed by atoms with Crippen LogP contribution in [-0.4, -0.2) is 52.4 Å². The van der Waals surface area contributed by atoms with Crippen molar-refractivity contribution in [1.29, 1.82) is 0 Å². The number of nitrogens with zero attached hydrogens (tertiary/aromatic N) is 4. The van der Waals surface area contributed by atoms with E-state index in [0.717, 1.165) is 5.82 Å². The fourth-order valence-electron chi connectivity index (χ4n) is 1.91. The Labute approximate surface area is 108 Å². The van der Waals surface area contributed by atoms with E-state index in [0.29, 0.717) is 25.5 Å². The van der Waals surface area contributed by atoms with Crippen molar-refractivity contribution >= 4 is 9.84 Å². The van der Waals surface area contributed by atoms with Crippen LogP contribution in [0.1, 0.15) is 11.6 Å². The van der Waals surface area contributed by atoms with Crippen molar-refractivity contribution in [3.05, 3.63) is 11.6 Å².